The molecule has 4 aromatic rings. The number of fused-ring (bicyclic) bond motifs is 1. The van der Waals surface area contributed by atoms with E-state index in [1.807, 2.05) is 18.2 Å². The second kappa shape index (κ2) is 11.3. The van der Waals surface area contributed by atoms with Crippen molar-refractivity contribution in [2.45, 2.75) is 32.2 Å². The minimum atomic E-state index is 0.325. The van der Waals surface area contributed by atoms with Crippen LogP contribution in [0.2, 0.25) is 0 Å². The van der Waals surface area contributed by atoms with Gasteiger partial charge in [0, 0.05) is 60.5 Å². The van der Waals surface area contributed by atoms with Crippen LogP contribution in [0.1, 0.15) is 24.8 Å². The monoisotopic (exact) mass is 510 g/mol. The molecule has 0 bridgehead atoms. The molecular weight excluding hydrogens is 476 g/mol. The van der Waals surface area contributed by atoms with Crippen LogP contribution in [0.3, 0.4) is 0 Å². The first-order valence-electron chi connectivity index (χ1n) is 13.5. The molecule has 2 aromatic carbocycles. The lowest BCUT2D eigenvalue weighted by Crippen LogP contribution is -2.38. The van der Waals surface area contributed by atoms with E-state index >= 15 is 0 Å². The average Bonchev–Trinajstić information content (AvgIpc) is 3.48. The van der Waals surface area contributed by atoms with E-state index in [1.54, 1.807) is 12.4 Å². The number of benzene rings is 2. The summed E-state index contributed by atoms with van der Waals surface area (Å²) < 4.78 is 12.1. The molecule has 0 unspecified atom stereocenters. The smallest absolute Gasteiger partial charge is 0.228 e. The summed E-state index contributed by atoms with van der Waals surface area (Å²) in [6, 6.07) is 16.7. The van der Waals surface area contributed by atoms with E-state index in [9.17, 15) is 0 Å². The van der Waals surface area contributed by atoms with Crippen molar-refractivity contribution in [1.82, 2.24) is 20.3 Å². The van der Waals surface area contributed by atoms with E-state index in [2.05, 4.69) is 63.2 Å². The molecule has 8 nitrogen and oxygen atoms in total. The van der Waals surface area contributed by atoms with Gasteiger partial charge >= 0.3 is 0 Å². The number of hydrogen-bond acceptors (Lipinski definition) is 8. The van der Waals surface area contributed by atoms with Crippen LogP contribution >= 0.6 is 0 Å². The van der Waals surface area contributed by atoms with Crippen molar-refractivity contribution in [2.24, 2.45) is 5.92 Å². The van der Waals surface area contributed by atoms with E-state index in [4.69, 9.17) is 14.5 Å². The highest BCUT2D eigenvalue weighted by Crippen LogP contribution is 2.38. The Bertz CT molecular complexity index is 1400. The van der Waals surface area contributed by atoms with Crippen LogP contribution in [-0.4, -0.2) is 53.8 Å². The van der Waals surface area contributed by atoms with Crippen molar-refractivity contribution in [2.75, 3.05) is 43.5 Å². The lowest BCUT2D eigenvalue weighted by Gasteiger charge is -2.23. The highest BCUT2D eigenvalue weighted by molar-refractivity contribution is 5.98. The van der Waals surface area contributed by atoms with Gasteiger partial charge in [-0.3, -0.25) is 0 Å². The van der Waals surface area contributed by atoms with Gasteiger partial charge in [-0.25, -0.2) is 15.0 Å². The van der Waals surface area contributed by atoms with Gasteiger partial charge in [0.2, 0.25) is 11.8 Å². The average molecular weight is 511 g/mol. The fraction of sp³-hybridized carbons (Fsp3) is 0.367. The van der Waals surface area contributed by atoms with Crippen LogP contribution in [0.4, 0.5) is 11.6 Å². The maximum absolute atomic E-state index is 6.58. The summed E-state index contributed by atoms with van der Waals surface area (Å²) in [5, 5.41) is 12.7. The number of rotatable bonds is 8. The SMILES string of the molecule is Cc1ccc2c(NC[C@@H]3CCOC3)cccc2c1Oc1ncccc1-c1ccnc(N[C@H]2CCCNC2)n1. The van der Waals surface area contributed by atoms with E-state index in [1.165, 1.54) is 0 Å². The topological polar surface area (TPSA) is 93.2 Å². The van der Waals surface area contributed by atoms with Crippen LogP contribution in [0.5, 0.6) is 11.6 Å². The molecule has 2 saturated heterocycles. The predicted octanol–water partition coefficient (Wildman–Crippen LogP) is 5.40. The molecule has 38 heavy (non-hydrogen) atoms. The van der Waals surface area contributed by atoms with E-state index in [0.717, 1.165) is 91.1 Å². The van der Waals surface area contributed by atoms with Gasteiger partial charge < -0.3 is 25.4 Å². The number of nitrogens with one attached hydrogen (secondary N) is 3. The second-order valence-corrected chi connectivity index (χ2v) is 10.1. The molecule has 2 atom stereocenters. The zero-order valence-electron chi connectivity index (χ0n) is 21.7. The van der Waals surface area contributed by atoms with Gasteiger partial charge in [0.25, 0.3) is 0 Å². The van der Waals surface area contributed by atoms with Crippen molar-refractivity contribution in [3.8, 4) is 22.9 Å². The number of piperidine rings is 1. The third kappa shape index (κ3) is 5.42. The number of aromatic nitrogens is 3. The van der Waals surface area contributed by atoms with E-state index < -0.39 is 0 Å². The molecule has 6 rings (SSSR count). The summed E-state index contributed by atoms with van der Waals surface area (Å²) in [6.45, 7) is 6.63. The molecule has 0 spiro atoms. The Balaban J connectivity index is 1.29. The Morgan fingerprint density at radius 2 is 2.00 bits per heavy atom. The van der Waals surface area contributed by atoms with Crippen LogP contribution in [0, 0.1) is 12.8 Å². The highest BCUT2D eigenvalue weighted by atomic mass is 16.5. The fourth-order valence-corrected chi connectivity index (χ4v) is 5.23. The number of anilines is 2. The van der Waals surface area contributed by atoms with Gasteiger partial charge in [-0.2, -0.15) is 0 Å². The van der Waals surface area contributed by atoms with Crippen molar-refractivity contribution in [3.63, 3.8) is 0 Å². The summed E-state index contributed by atoms with van der Waals surface area (Å²) in [5.41, 5.74) is 3.74. The van der Waals surface area contributed by atoms with Crippen molar-refractivity contribution in [1.29, 1.82) is 0 Å². The van der Waals surface area contributed by atoms with Crippen molar-refractivity contribution < 1.29 is 9.47 Å². The molecule has 4 heterocycles. The summed E-state index contributed by atoms with van der Waals surface area (Å²) in [6.07, 6.45) is 6.89. The Morgan fingerprint density at radius 3 is 2.87 bits per heavy atom. The lowest BCUT2D eigenvalue weighted by molar-refractivity contribution is 0.187. The molecule has 0 aliphatic carbocycles. The van der Waals surface area contributed by atoms with Gasteiger partial charge in [-0.15, -0.1) is 0 Å². The van der Waals surface area contributed by atoms with Crippen LogP contribution in [-0.2, 0) is 4.74 Å². The van der Waals surface area contributed by atoms with Crippen LogP contribution in [0.15, 0.2) is 60.9 Å². The standard InChI is InChI=1S/C30H34N6O2/c1-20-9-10-23-24(6-2-8-26(23)34-17-21-12-16-37-19-21)28(20)38-29-25(7-4-14-32-29)27-11-15-33-30(36-27)35-22-5-3-13-31-18-22/h2,4,6-11,14-15,21-22,31,34H,3,5,12-13,16-19H2,1H3,(H,33,35,36)/t21-,22-/m0/s1. The number of ether oxygens (including phenoxy) is 2. The number of nitrogens with zero attached hydrogens (tertiary/aromatic N) is 3. The quantitative estimate of drug-likeness (QED) is 0.290. The molecule has 196 valence electrons. The molecule has 2 aromatic heterocycles. The first-order chi connectivity index (χ1) is 18.7. The lowest BCUT2D eigenvalue weighted by atomic mass is 10.0. The van der Waals surface area contributed by atoms with Crippen molar-refractivity contribution in [3.05, 3.63) is 66.5 Å². The number of aryl methyl sites for hydroxylation is 1. The number of hydrogen-bond donors (Lipinski definition) is 3. The molecule has 2 fully saturated rings. The van der Waals surface area contributed by atoms with Gasteiger partial charge in [0.1, 0.15) is 5.75 Å². The van der Waals surface area contributed by atoms with Gasteiger partial charge in [-0.1, -0.05) is 24.3 Å². The zero-order chi connectivity index (χ0) is 25.7. The molecular formula is C30H34N6O2. The van der Waals surface area contributed by atoms with E-state index in [0.29, 0.717) is 23.8 Å². The highest BCUT2D eigenvalue weighted by Gasteiger charge is 2.19. The summed E-state index contributed by atoms with van der Waals surface area (Å²) in [5.74, 6) is 2.49. The molecule has 3 N–H and O–H groups in total. The first kappa shape index (κ1) is 24.6. The minimum absolute atomic E-state index is 0.325. The fourth-order valence-electron chi connectivity index (χ4n) is 5.23. The first-order valence-corrected chi connectivity index (χ1v) is 13.5. The molecule has 0 radical (unpaired) electrons. The Hall–Kier alpha value is -3.75. The van der Waals surface area contributed by atoms with Crippen LogP contribution in [0.25, 0.3) is 22.0 Å². The molecule has 2 aliphatic rings. The Morgan fingerprint density at radius 1 is 1.03 bits per heavy atom. The summed E-state index contributed by atoms with van der Waals surface area (Å²) in [4.78, 5) is 13.9. The van der Waals surface area contributed by atoms with Gasteiger partial charge in [0.15, 0.2) is 0 Å². The zero-order valence-corrected chi connectivity index (χ0v) is 21.7. The third-order valence-electron chi connectivity index (χ3n) is 7.35. The normalized spacial score (nSPS) is 19.4. The molecule has 8 heteroatoms. The molecule has 0 amide bonds. The Labute approximate surface area is 223 Å². The van der Waals surface area contributed by atoms with Crippen LogP contribution < -0.4 is 20.7 Å². The summed E-state index contributed by atoms with van der Waals surface area (Å²) in [7, 11) is 0. The third-order valence-corrected chi connectivity index (χ3v) is 7.35. The predicted molar refractivity (Wildman–Crippen MR) is 151 cm³/mol. The second-order valence-electron chi connectivity index (χ2n) is 10.1. The minimum Gasteiger partial charge on any atom is -0.437 e. The van der Waals surface area contributed by atoms with Gasteiger partial charge in [-0.05, 0) is 62.6 Å². The van der Waals surface area contributed by atoms with E-state index in [-0.39, 0.29) is 0 Å². The molecule has 2 aliphatic heterocycles. The maximum Gasteiger partial charge on any atom is 0.228 e. The largest absolute Gasteiger partial charge is 0.437 e. The number of pyridine rings is 1. The summed E-state index contributed by atoms with van der Waals surface area (Å²) >= 11 is 0. The Kier molecular flexibility index (Phi) is 7.33. The van der Waals surface area contributed by atoms with Crippen molar-refractivity contribution >= 4 is 22.4 Å². The molecule has 0 saturated carbocycles. The van der Waals surface area contributed by atoms with Gasteiger partial charge in [0.05, 0.1) is 17.9 Å². The maximum atomic E-state index is 6.58.